The molecule has 0 amide bonds. The molecule has 0 heterocycles. The van der Waals surface area contributed by atoms with Crippen LogP contribution in [0.15, 0.2) is 53.5 Å². The van der Waals surface area contributed by atoms with Crippen molar-refractivity contribution in [3.8, 4) is 0 Å². The van der Waals surface area contributed by atoms with Gasteiger partial charge in [0.25, 0.3) is 0 Å². The lowest BCUT2D eigenvalue weighted by atomic mass is 9.99. The van der Waals surface area contributed by atoms with E-state index in [1.807, 2.05) is 54.8 Å². The molecule has 0 saturated heterocycles. The Hall–Kier alpha value is -0.430. The second-order valence-corrected chi connectivity index (χ2v) is 5.88. The van der Waals surface area contributed by atoms with Gasteiger partial charge in [0.15, 0.2) is 5.17 Å². The van der Waals surface area contributed by atoms with Crippen LogP contribution in [0.3, 0.4) is 0 Å². The molecule has 2 nitrogen and oxygen atoms in total. The van der Waals surface area contributed by atoms with E-state index in [0.717, 1.165) is 11.1 Å². The second kappa shape index (κ2) is 8.88. The lowest BCUT2D eigenvalue weighted by Crippen LogP contribution is -2.09. The van der Waals surface area contributed by atoms with E-state index in [4.69, 9.17) is 28.9 Å². The third kappa shape index (κ3) is 5.36. The van der Waals surface area contributed by atoms with Gasteiger partial charge in [-0.3, -0.25) is 0 Å². The van der Waals surface area contributed by atoms with Gasteiger partial charge in [0.1, 0.15) is 6.04 Å². The van der Waals surface area contributed by atoms with E-state index in [0.29, 0.717) is 15.2 Å². The summed E-state index contributed by atoms with van der Waals surface area (Å²) in [6.45, 7) is 0. The van der Waals surface area contributed by atoms with Gasteiger partial charge in [0.2, 0.25) is 0 Å². The van der Waals surface area contributed by atoms with Crippen LogP contribution in [0.2, 0.25) is 10.0 Å². The van der Waals surface area contributed by atoms with Crippen molar-refractivity contribution in [2.24, 2.45) is 10.7 Å². The van der Waals surface area contributed by atoms with Crippen molar-refractivity contribution in [3.05, 3.63) is 69.7 Å². The number of amidine groups is 1. The van der Waals surface area contributed by atoms with Gasteiger partial charge < -0.3 is 5.73 Å². The van der Waals surface area contributed by atoms with Crippen molar-refractivity contribution < 1.29 is 0 Å². The Balaban J connectivity index is 0.00000220. The summed E-state index contributed by atoms with van der Waals surface area (Å²) in [6, 6.07) is 15.1. The summed E-state index contributed by atoms with van der Waals surface area (Å²) >= 11 is 13.3. The van der Waals surface area contributed by atoms with Gasteiger partial charge in [-0.25, -0.2) is 4.99 Å². The van der Waals surface area contributed by atoms with E-state index >= 15 is 0 Å². The number of halogens is 3. The molecule has 0 aliphatic heterocycles. The molecule has 0 bridgehead atoms. The van der Waals surface area contributed by atoms with Crippen molar-refractivity contribution in [1.82, 2.24) is 0 Å². The largest absolute Gasteiger partial charge is 0.379 e. The first-order chi connectivity index (χ1) is 9.60. The number of nitrogens with zero attached hydrogens (tertiary/aromatic N) is 1. The molecule has 6 heteroatoms. The molecule has 2 rings (SSSR count). The first-order valence-electron chi connectivity index (χ1n) is 5.98. The molecule has 2 aromatic carbocycles. The lowest BCUT2D eigenvalue weighted by Gasteiger charge is -2.14. The van der Waals surface area contributed by atoms with Crippen LogP contribution in [0.1, 0.15) is 17.2 Å². The van der Waals surface area contributed by atoms with Gasteiger partial charge in [0.05, 0.1) is 0 Å². The molecule has 2 N–H and O–H groups in total. The maximum atomic E-state index is 5.93. The van der Waals surface area contributed by atoms with Crippen LogP contribution < -0.4 is 5.73 Å². The molecular weight excluding hydrogens is 438 g/mol. The van der Waals surface area contributed by atoms with Gasteiger partial charge >= 0.3 is 0 Å². The standard InChI is InChI=1S/C15H14Cl2N2S.HI/c1-20-15(18)19-14(10-2-6-12(16)7-3-10)11-4-8-13(17)9-5-11;/h2-9,14H,1H3,(H2,18,19);1H. The number of hydrogen-bond donors (Lipinski definition) is 1. The molecule has 0 aliphatic carbocycles. The van der Waals surface area contributed by atoms with E-state index in [2.05, 4.69) is 4.99 Å². The molecule has 112 valence electrons. The van der Waals surface area contributed by atoms with Crippen LogP contribution in [0.25, 0.3) is 0 Å². The van der Waals surface area contributed by atoms with Crippen molar-refractivity contribution in [1.29, 1.82) is 0 Å². The van der Waals surface area contributed by atoms with E-state index in [1.165, 1.54) is 11.8 Å². The Bertz CT molecular complexity index is 555. The van der Waals surface area contributed by atoms with Gasteiger partial charge in [-0.1, -0.05) is 59.2 Å². The van der Waals surface area contributed by atoms with Crippen LogP contribution in [-0.4, -0.2) is 11.4 Å². The molecule has 2 aromatic rings. The summed E-state index contributed by atoms with van der Waals surface area (Å²) in [5.41, 5.74) is 7.94. The Morgan fingerprint density at radius 2 is 1.33 bits per heavy atom. The van der Waals surface area contributed by atoms with Crippen molar-refractivity contribution in [3.63, 3.8) is 0 Å². The van der Waals surface area contributed by atoms with Crippen LogP contribution in [0.4, 0.5) is 0 Å². The summed E-state index contributed by atoms with van der Waals surface area (Å²) in [4.78, 5) is 4.57. The topological polar surface area (TPSA) is 38.4 Å². The van der Waals surface area contributed by atoms with Crippen molar-refractivity contribution in [2.75, 3.05) is 6.26 Å². The zero-order valence-corrected chi connectivity index (χ0v) is 16.0. The minimum absolute atomic E-state index is 0. The van der Waals surface area contributed by atoms with Gasteiger partial charge in [-0.05, 0) is 41.6 Å². The average Bonchev–Trinajstić information content (AvgIpc) is 2.46. The van der Waals surface area contributed by atoms with E-state index < -0.39 is 0 Å². The fourth-order valence-electron chi connectivity index (χ4n) is 1.81. The first kappa shape index (κ1) is 18.6. The second-order valence-electron chi connectivity index (χ2n) is 4.18. The van der Waals surface area contributed by atoms with E-state index in [1.54, 1.807) is 0 Å². The summed E-state index contributed by atoms with van der Waals surface area (Å²) in [5, 5.41) is 1.94. The number of aliphatic imine (C=N–C) groups is 1. The monoisotopic (exact) mass is 452 g/mol. The van der Waals surface area contributed by atoms with Crippen LogP contribution in [0, 0.1) is 0 Å². The maximum Gasteiger partial charge on any atom is 0.154 e. The quantitative estimate of drug-likeness (QED) is 0.385. The highest BCUT2D eigenvalue weighted by Gasteiger charge is 2.13. The molecule has 0 spiro atoms. The highest BCUT2D eigenvalue weighted by atomic mass is 127. The molecule has 0 aliphatic rings. The summed E-state index contributed by atoms with van der Waals surface area (Å²) in [5.74, 6) is 0. The molecule has 0 fully saturated rings. The molecule has 0 unspecified atom stereocenters. The average molecular weight is 453 g/mol. The summed E-state index contributed by atoms with van der Waals surface area (Å²) in [7, 11) is 0. The maximum absolute atomic E-state index is 5.93. The fourth-order valence-corrected chi connectivity index (χ4v) is 2.27. The number of thioether (sulfide) groups is 1. The Kier molecular flexibility index (Phi) is 7.87. The lowest BCUT2D eigenvalue weighted by molar-refractivity contribution is 0.874. The summed E-state index contributed by atoms with van der Waals surface area (Å²) < 4.78 is 0. The fraction of sp³-hybridized carbons (Fsp3) is 0.133. The van der Waals surface area contributed by atoms with Gasteiger partial charge in [0, 0.05) is 10.0 Å². The third-order valence-corrected chi connectivity index (χ3v) is 3.86. The zero-order valence-electron chi connectivity index (χ0n) is 11.3. The molecular formula is C15H15Cl2IN2S. The number of benzene rings is 2. The molecule has 0 radical (unpaired) electrons. The zero-order chi connectivity index (χ0) is 14.5. The van der Waals surface area contributed by atoms with Gasteiger partial charge in [-0.2, -0.15) is 0 Å². The number of hydrogen-bond acceptors (Lipinski definition) is 2. The van der Waals surface area contributed by atoms with Crippen LogP contribution in [-0.2, 0) is 0 Å². The predicted octanol–water partition coefficient (Wildman–Crippen LogP) is 5.38. The summed E-state index contributed by atoms with van der Waals surface area (Å²) in [6.07, 6.45) is 1.90. The van der Waals surface area contributed by atoms with E-state index in [9.17, 15) is 0 Å². The number of nitrogens with two attached hydrogens (primary N) is 1. The number of rotatable bonds is 3. The predicted molar refractivity (Wildman–Crippen MR) is 105 cm³/mol. The molecule has 0 aromatic heterocycles. The highest BCUT2D eigenvalue weighted by Crippen LogP contribution is 2.28. The molecule has 0 atom stereocenters. The first-order valence-corrected chi connectivity index (χ1v) is 7.96. The SMILES string of the molecule is CSC(N)=NC(c1ccc(Cl)cc1)c1ccc(Cl)cc1.I. The third-order valence-electron chi connectivity index (χ3n) is 2.84. The van der Waals surface area contributed by atoms with Crippen LogP contribution in [0.5, 0.6) is 0 Å². The smallest absolute Gasteiger partial charge is 0.154 e. The Labute approximate surface area is 156 Å². The van der Waals surface area contributed by atoms with Crippen LogP contribution >= 0.6 is 58.9 Å². The van der Waals surface area contributed by atoms with Crippen molar-refractivity contribution in [2.45, 2.75) is 6.04 Å². The normalized spacial score (nSPS) is 11.3. The molecule has 21 heavy (non-hydrogen) atoms. The highest BCUT2D eigenvalue weighted by molar-refractivity contribution is 14.0. The van der Waals surface area contributed by atoms with E-state index in [-0.39, 0.29) is 30.0 Å². The van der Waals surface area contributed by atoms with Crippen molar-refractivity contribution >= 4 is 64.1 Å². The Morgan fingerprint density at radius 3 is 1.67 bits per heavy atom. The molecule has 0 saturated carbocycles. The Morgan fingerprint density at radius 1 is 0.952 bits per heavy atom. The minimum atomic E-state index is -0.156. The van der Waals surface area contributed by atoms with Gasteiger partial charge in [-0.15, -0.1) is 24.0 Å². The minimum Gasteiger partial charge on any atom is -0.379 e.